The fraction of sp³-hybridized carbons (Fsp3) is 0.429. The highest BCUT2D eigenvalue weighted by atomic mass is 35.5. The molecule has 0 saturated carbocycles. The molecule has 0 atom stereocenters. The molecule has 1 aromatic rings. The van der Waals surface area contributed by atoms with E-state index < -0.39 is 0 Å². The minimum atomic E-state index is 0.532. The summed E-state index contributed by atoms with van der Waals surface area (Å²) in [4.78, 5) is 8.16. The highest BCUT2D eigenvalue weighted by molar-refractivity contribution is 6.29. The Morgan fingerprint density at radius 1 is 1.50 bits per heavy atom. The Labute approximate surface area is 65.3 Å². The molecule has 0 saturated heterocycles. The van der Waals surface area contributed by atoms with Gasteiger partial charge in [-0.15, -0.1) is 0 Å². The van der Waals surface area contributed by atoms with E-state index in [1.165, 1.54) is 0 Å². The summed E-state index contributed by atoms with van der Waals surface area (Å²) >= 11 is 5.68. The zero-order valence-electron chi connectivity index (χ0n) is 6.06. The molecule has 10 heavy (non-hydrogen) atoms. The molecule has 0 spiro atoms. The molecular weight excluding hydrogens is 148 g/mol. The van der Waals surface area contributed by atoms with Crippen molar-refractivity contribution in [3.63, 3.8) is 0 Å². The van der Waals surface area contributed by atoms with E-state index >= 15 is 0 Å². The Kier molecular flexibility index (Phi) is 2.22. The van der Waals surface area contributed by atoms with Gasteiger partial charge in [0.25, 0.3) is 0 Å². The molecule has 0 amide bonds. The number of aromatic nitrogens is 2. The van der Waals surface area contributed by atoms with Crippen LogP contribution in [0.25, 0.3) is 0 Å². The van der Waals surface area contributed by atoms with Crippen molar-refractivity contribution in [1.82, 2.24) is 9.97 Å². The summed E-state index contributed by atoms with van der Waals surface area (Å²) in [6, 6.07) is 1.75. The van der Waals surface area contributed by atoms with Gasteiger partial charge in [0.2, 0.25) is 0 Å². The molecule has 0 aliphatic heterocycles. The lowest BCUT2D eigenvalue weighted by atomic mass is 10.4. The normalized spacial score (nSPS) is 9.90. The average Bonchev–Trinajstić information content (AvgIpc) is 1.85. The van der Waals surface area contributed by atoms with E-state index in [2.05, 4.69) is 9.97 Å². The molecule has 2 nitrogen and oxygen atoms in total. The van der Waals surface area contributed by atoms with Crippen LogP contribution in [0.4, 0.5) is 0 Å². The van der Waals surface area contributed by atoms with Crippen LogP contribution in [0.3, 0.4) is 0 Å². The maximum atomic E-state index is 5.68. The van der Waals surface area contributed by atoms with Crippen LogP contribution in [-0.2, 0) is 6.42 Å². The van der Waals surface area contributed by atoms with Crippen molar-refractivity contribution in [3.8, 4) is 0 Å². The van der Waals surface area contributed by atoms with Gasteiger partial charge in [-0.1, -0.05) is 18.5 Å². The molecule has 0 N–H and O–H groups in total. The minimum absolute atomic E-state index is 0.532. The Morgan fingerprint density at radius 2 is 2.20 bits per heavy atom. The van der Waals surface area contributed by atoms with Crippen LogP contribution in [0, 0.1) is 6.92 Å². The number of nitrogens with zero attached hydrogens (tertiary/aromatic N) is 2. The Balaban J connectivity index is 3.06. The second kappa shape index (κ2) is 2.97. The monoisotopic (exact) mass is 156 g/mol. The topological polar surface area (TPSA) is 25.8 Å². The average molecular weight is 157 g/mol. The molecule has 0 aromatic carbocycles. The molecule has 1 heterocycles. The molecule has 1 rings (SSSR count). The number of rotatable bonds is 1. The minimum Gasteiger partial charge on any atom is -0.238 e. The van der Waals surface area contributed by atoms with Crippen molar-refractivity contribution < 1.29 is 0 Å². The van der Waals surface area contributed by atoms with Crippen molar-refractivity contribution in [1.29, 1.82) is 0 Å². The fourth-order valence-electron chi connectivity index (χ4n) is 0.747. The van der Waals surface area contributed by atoms with Crippen LogP contribution in [-0.4, -0.2) is 9.97 Å². The molecular formula is C7H9ClN2. The van der Waals surface area contributed by atoms with Crippen LogP contribution < -0.4 is 0 Å². The number of aryl methyl sites for hydroxylation is 2. The van der Waals surface area contributed by atoms with Gasteiger partial charge in [-0.25, -0.2) is 9.97 Å². The summed E-state index contributed by atoms with van der Waals surface area (Å²) in [5.74, 6) is 0.810. The predicted molar refractivity (Wildman–Crippen MR) is 41.2 cm³/mol. The van der Waals surface area contributed by atoms with Crippen LogP contribution in [0.2, 0.25) is 5.15 Å². The van der Waals surface area contributed by atoms with Crippen molar-refractivity contribution in [2.45, 2.75) is 20.3 Å². The summed E-state index contributed by atoms with van der Waals surface area (Å²) in [7, 11) is 0. The Morgan fingerprint density at radius 3 is 2.70 bits per heavy atom. The first-order chi connectivity index (χ1) is 4.72. The second-order valence-electron chi connectivity index (χ2n) is 2.10. The van der Waals surface area contributed by atoms with Crippen molar-refractivity contribution >= 4 is 11.6 Å². The SMILES string of the molecule is CCc1nc(C)cc(Cl)n1. The van der Waals surface area contributed by atoms with Crippen molar-refractivity contribution in [3.05, 3.63) is 22.7 Å². The lowest BCUT2D eigenvalue weighted by Gasteiger charge is -1.96. The van der Waals surface area contributed by atoms with E-state index in [4.69, 9.17) is 11.6 Å². The molecule has 0 radical (unpaired) electrons. The lowest BCUT2D eigenvalue weighted by Crippen LogP contribution is -1.94. The molecule has 0 aliphatic rings. The fourth-order valence-corrected chi connectivity index (χ4v) is 1.00. The highest BCUT2D eigenvalue weighted by Gasteiger charge is 1.95. The third kappa shape index (κ3) is 1.67. The van der Waals surface area contributed by atoms with Gasteiger partial charge in [-0.2, -0.15) is 0 Å². The number of hydrogen-bond acceptors (Lipinski definition) is 2. The number of hydrogen-bond donors (Lipinski definition) is 0. The van der Waals surface area contributed by atoms with E-state index in [0.29, 0.717) is 5.15 Å². The first-order valence-electron chi connectivity index (χ1n) is 3.22. The summed E-state index contributed by atoms with van der Waals surface area (Å²) in [6.07, 6.45) is 0.835. The lowest BCUT2D eigenvalue weighted by molar-refractivity contribution is 0.918. The van der Waals surface area contributed by atoms with E-state index in [0.717, 1.165) is 17.9 Å². The zero-order valence-corrected chi connectivity index (χ0v) is 6.81. The van der Waals surface area contributed by atoms with Gasteiger partial charge < -0.3 is 0 Å². The maximum absolute atomic E-state index is 5.68. The van der Waals surface area contributed by atoms with Gasteiger partial charge in [-0.05, 0) is 13.0 Å². The van der Waals surface area contributed by atoms with Gasteiger partial charge in [0.1, 0.15) is 11.0 Å². The first kappa shape index (κ1) is 7.48. The molecule has 0 fully saturated rings. The molecule has 3 heteroatoms. The molecule has 0 unspecified atom stereocenters. The highest BCUT2D eigenvalue weighted by Crippen LogP contribution is 2.05. The largest absolute Gasteiger partial charge is 0.238 e. The molecule has 1 aromatic heterocycles. The van der Waals surface area contributed by atoms with Gasteiger partial charge in [0.05, 0.1) is 0 Å². The van der Waals surface area contributed by atoms with E-state index in [9.17, 15) is 0 Å². The molecule has 0 aliphatic carbocycles. The smallest absolute Gasteiger partial charge is 0.133 e. The van der Waals surface area contributed by atoms with Gasteiger partial charge in [0.15, 0.2) is 0 Å². The van der Waals surface area contributed by atoms with E-state index in [-0.39, 0.29) is 0 Å². The summed E-state index contributed by atoms with van der Waals surface area (Å²) in [5.41, 5.74) is 0.928. The molecule has 54 valence electrons. The number of halogens is 1. The predicted octanol–water partition coefficient (Wildman–Crippen LogP) is 2.00. The summed E-state index contributed by atoms with van der Waals surface area (Å²) in [5, 5.41) is 0.532. The van der Waals surface area contributed by atoms with Crippen LogP contribution in [0.15, 0.2) is 6.07 Å². The summed E-state index contributed by atoms with van der Waals surface area (Å²) in [6.45, 7) is 3.91. The van der Waals surface area contributed by atoms with Gasteiger partial charge >= 0.3 is 0 Å². The van der Waals surface area contributed by atoms with E-state index in [1.54, 1.807) is 6.07 Å². The summed E-state index contributed by atoms with van der Waals surface area (Å²) < 4.78 is 0. The molecule has 0 bridgehead atoms. The van der Waals surface area contributed by atoms with Gasteiger partial charge in [-0.3, -0.25) is 0 Å². The Hall–Kier alpha value is -0.630. The standard InChI is InChI=1S/C7H9ClN2/c1-3-7-9-5(2)4-6(8)10-7/h4H,3H2,1-2H3. The Bertz CT molecular complexity index is 215. The van der Waals surface area contributed by atoms with Crippen LogP contribution >= 0.6 is 11.6 Å². The van der Waals surface area contributed by atoms with Gasteiger partial charge in [0, 0.05) is 12.1 Å². The zero-order chi connectivity index (χ0) is 7.56. The third-order valence-electron chi connectivity index (χ3n) is 1.19. The third-order valence-corrected chi connectivity index (χ3v) is 1.38. The second-order valence-corrected chi connectivity index (χ2v) is 2.49. The van der Waals surface area contributed by atoms with Crippen molar-refractivity contribution in [2.75, 3.05) is 0 Å². The van der Waals surface area contributed by atoms with Crippen LogP contribution in [0.1, 0.15) is 18.4 Å². The quantitative estimate of drug-likeness (QED) is 0.582. The van der Waals surface area contributed by atoms with Crippen LogP contribution in [0.5, 0.6) is 0 Å². The maximum Gasteiger partial charge on any atom is 0.133 e. The first-order valence-corrected chi connectivity index (χ1v) is 3.60. The van der Waals surface area contributed by atoms with E-state index in [1.807, 2.05) is 13.8 Å². The van der Waals surface area contributed by atoms with Crippen molar-refractivity contribution in [2.24, 2.45) is 0 Å².